The molecule has 64 valence electrons. The lowest BCUT2D eigenvalue weighted by atomic mass is 9.85. The molecule has 0 radical (unpaired) electrons. The van der Waals surface area contributed by atoms with Crippen LogP contribution in [0, 0.1) is 17.3 Å². The van der Waals surface area contributed by atoms with Crippen molar-refractivity contribution in [2.45, 2.75) is 12.8 Å². The van der Waals surface area contributed by atoms with Crippen LogP contribution in [0.4, 0.5) is 0 Å². The average molecular weight is 165 g/mol. The minimum atomic E-state index is -1.00. The van der Waals surface area contributed by atoms with Crippen molar-refractivity contribution in [3.63, 3.8) is 0 Å². The Labute approximate surface area is 71.4 Å². The molecule has 2 aliphatic rings. The van der Waals surface area contributed by atoms with Gasteiger partial charge in [-0.05, 0) is 25.9 Å². The van der Waals surface area contributed by atoms with Gasteiger partial charge in [-0.2, -0.15) is 0 Å². The first-order chi connectivity index (χ1) is 5.70. The summed E-state index contributed by atoms with van der Waals surface area (Å²) < 4.78 is 0. The molecule has 3 heteroatoms. The summed E-state index contributed by atoms with van der Waals surface area (Å²) in [7, 11) is 0. The maximum Gasteiger partial charge on any atom is 0.381 e. The third kappa shape index (κ3) is 1.19. The van der Waals surface area contributed by atoms with Crippen LogP contribution in [-0.4, -0.2) is 35.6 Å². The van der Waals surface area contributed by atoms with Crippen molar-refractivity contribution in [3.8, 4) is 11.8 Å². The van der Waals surface area contributed by atoms with E-state index in [1.54, 1.807) is 0 Å². The van der Waals surface area contributed by atoms with Crippen LogP contribution in [0.3, 0.4) is 0 Å². The molecular formula is C9H11NO2. The first-order valence-corrected chi connectivity index (χ1v) is 4.19. The van der Waals surface area contributed by atoms with Crippen molar-refractivity contribution in [2.24, 2.45) is 5.41 Å². The predicted molar refractivity (Wildman–Crippen MR) is 43.5 cm³/mol. The Morgan fingerprint density at radius 1 is 1.42 bits per heavy atom. The molecule has 0 aliphatic carbocycles. The summed E-state index contributed by atoms with van der Waals surface area (Å²) in [6.07, 6.45) is 2.10. The van der Waals surface area contributed by atoms with Gasteiger partial charge < -0.3 is 10.0 Å². The maximum atomic E-state index is 10.2. The van der Waals surface area contributed by atoms with Gasteiger partial charge in [0.2, 0.25) is 0 Å². The van der Waals surface area contributed by atoms with Crippen LogP contribution >= 0.6 is 0 Å². The predicted octanol–water partition coefficient (Wildman–Crippen LogP) is 0.170. The number of hydrogen-bond donors (Lipinski definition) is 1. The minimum Gasteiger partial charge on any atom is -0.472 e. The number of nitrogens with zero attached hydrogens (tertiary/aromatic N) is 1. The van der Waals surface area contributed by atoms with E-state index in [9.17, 15) is 4.79 Å². The highest BCUT2D eigenvalue weighted by Gasteiger charge is 2.42. The number of fused-ring (bicyclic) bond motifs is 2. The summed E-state index contributed by atoms with van der Waals surface area (Å²) in [5, 5.41) is 8.41. The number of carbonyl (C=O) groups is 1. The molecule has 2 aliphatic heterocycles. The van der Waals surface area contributed by atoms with Gasteiger partial charge in [-0.15, -0.1) is 0 Å². The summed E-state index contributed by atoms with van der Waals surface area (Å²) in [4.78, 5) is 12.6. The van der Waals surface area contributed by atoms with Crippen LogP contribution in [0.25, 0.3) is 0 Å². The van der Waals surface area contributed by atoms with Gasteiger partial charge in [0.05, 0.1) is 0 Å². The van der Waals surface area contributed by atoms with Gasteiger partial charge in [0.15, 0.2) is 0 Å². The monoisotopic (exact) mass is 165 g/mol. The van der Waals surface area contributed by atoms with E-state index in [0.29, 0.717) is 0 Å². The molecule has 0 spiro atoms. The van der Waals surface area contributed by atoms with Crippen LogP contribution in [0.15, 0.2) is 0 Å². The second-order valence-corrected chi connectivity index (χ2v) is 3.61. The number of piperidine rings is 1. The quantitative estimate of drug-likeness (QED) is 0.520. The first-order valence-electron chi connectivity index (χ1n) is 4.19. The molecule has 0 unspecified atom stereocenters. The van der Waals surface area contributed by atoms with Crippen molar-refractivity contribution in [1.29, 1.82) is 0 Å². The molecule has 0 amide bonds. The second-order valence-electron chi connectivity index (χ2n) is 3.61. The highest BCUT2D eigenvalue weighted by atomic mass is 16.4. The van der Waals surface area contributed by atoms with E-state index in [4.69, 9.17) is 5.11 Å². The summed E-state index contributed by atoms with van der Waals surface area (Å²) in [6, 6.07) is 0. The number of hydrogen-bond acceptors (Lipinski definition) is 2. The molecule has 0 aromatic heterocycles. The van der Waals surface area contributed by atoms with E-state index in [0.717, 1.165) is 32.5 Å². The Kier molecular flexibility index (Phi) is 1.59. The Hall–Kier alpha value is -1.01. The molecular weight excluding hydrogens is 154 g/mol. The largest absolute Gasteiger partial charge is 0.472 e. The summed E-state index contributed by atoms with van der Waals surface area (Å²) >= 11 is 0. The Balaban J connectivity index is 2.13. The van der Waals surface area contributed by atoms with E-state index >= 15 is 0 Å². The zero-order chi connectivity index (χ0) is 8.60. The van der Waals surface area contributed by atoms with Crippen molar-refractivity contribution in [2.75, 3.05) is 19.6 Å². The highest BCUT2D eigenvalue weighted by molar-refractivity contribution is 5.86. The van der Waals surface area contributed by atoms with Gasteiger partial charge in [-0.1, -0.05) is 5.92 Å². The molecule has 0 atom stereocenters. The molecule has 12 heavy (non-hydrogen) atoms. The van der Waals surface area contributed by atoms with E-state index in [1.165, 1.54) is 0 Å². The van der Waals surface area contributed by atoms with Crippen LogP contribution in [0.2, 0.25) is 0 Å². The fraction of sp³-hybridized carbons (Fsp3) is 0.667. The molecule has 2 saturated heterocycles. The SMILES string of the molecule is O=C(O)C#CC12CCN(CC1)C2. The molecule has 2 fully saturated rings. The fourth-order valence-corrected chi connectivity index (χ4v) is 2.08. The Bertz CT molecular complexity index is 266. The van der Waals surface area contributed by atoms with Gasteiger partial charge in [-0.3, -0.25) is 0 Å². The third-order valence-electron chi connectivity index (χ3n) is 2.77. The lowest BCUT2D eigenvalue weighted by Gasteiger charge is -2.17. The number of carboxylic acid groups (broad SMARTS) is 1. The smallest absolute Gasteiger partial charge is 0.381 e. The lowest BCUT2D eigenvalue weighted by molar-refractivity contribution is -0.130. The molecule has 0 aromatic rings. The number of aliphatic carboxylic acids is 1. The Morgan fingerprint density at radius 2 is 2.08 bits per heavy atom. The van der Waals surface area contributed by atoms with Gasteiger partial charge in [-0.25, -0.2) is 4.79 Å². The van der Waals surface area contributed by atoms with Gasteiger partial charge >= 0.3 is 5.97 Å². The number of rotatable bonds is 0. The first kappa shape index (κ1) is 7.63. The van der Waals surface area contributed by atoms with Crippen molar-refractivity contribution < 1.29 is 9.90 Å². The van der Waals surface area contributed by atoms with Crippen LogP contribution in [0.1, 0.15) is 12.8 Å². The highest BCUT2D eigenvalue weighted by Crippen LogP contribution is 2.39. The summed E-state index contributed by atoms with van der Waals surface area (Å²) in [5.74, 6) is 4.14. The second kappa shape index (κ2) is 2.49. The van der Waals surface area contributed by atoms with Crippen molar-refractivity contribution >= 4 is 5.97 Å². The molecule has 0 aromatic carbocycles. The summed E-state index contributed by atoms with van der Waals surface area (Å²) in [6.45, 7) is 3.16. The van der Waals surface area contributed by atoms with E-state index < -0.39 is 5.97 Å². The fourth-order valence-electron chi connectivity index (χ4n) is 2.08. The van der Waals surface area contributed by atoms with Crippen molar-refractivity contribution in [3.05, 3.63) is 0 Å². The molecule has 3 nitrogen and oxygen atoms in total. The van der Waals surface area contributed by atoms with E-state index in [-0.39, 0.29) is 5.41 Å². The van der Waals surface area contributed by atoms with Crippen LogP contribution < -0.4 is 0 Å². The third-order valence-corrected chi connectivity index (χ3v) is 2.77. The maximum absolute atomic E-state index is 10.2. The van der Waals surface area contributed by atoms with Gasteiger partial charge in [0, 0.05) is 17.9 Å². The Morgan fingerprint density at radius 3 is 2.50 bits per heavy atom. The lowest BCUT2D eigenvalue weighted by Crippen LogP contribution is -2.18. The molecule has 0 saturated carbocycles. The zero-order valence-corrected chi connectivity index (χ0v) is 6.84. The van der Waals surface area contributed by atoms with Crippen LogP contribution in [-0.2, 0) is 4.79 Å². The number of carboxylic acids is 1. The van der Waals surface area contributed by atoms with Crippen molar-refractivity contribution in [1.82, 2.24) is 4.90 Å². The van der Waals surface area contributed by atoms with E-state index in [1.807, 2.05) is 0 Å². The molecule has 1 N–H and O–H groups in total. The van der Waals surface area contributed by atoms with Gasteiger partial charge in [0.1, 0.15) is 0 Å². The zero-order valence-electron chi connectivity index (χ0n) is 6.84. The van der Waals surface area contributed by atoms with Crippen LogP contribution in [0.5, 0.6) is 0 Å². The summed E-state index contributed by atoms with van der Waals surface area (Å²) in [5.41, 5.74) is 0.0262. The van der Waals surface area contributed by atoms with Gasteiger partial charge in [0.25, 0.3) is 0 Å². The molecule has 2 bridgehead atoms. The topological polar surface area (TPSA) is 40.5 Å². The standard InChI is InChI=1S/C9H11NO2/c11-8(12)1-2-9-3-5-10(7-9)6-4-9/h3-7H2,(H,11,12). The molecule has 2 rings (SSSR count). The van der Waals surface area contributed by atoms with E-state index in [2.05, 4.69) is 16.7 Å². The minimum absolute atomic E-state index is 0.0262. The normalized spacial score (nSPS) is 37.5. The average Bonchev–Trinajstić information content (AvgIpc) is 2.60. The molecule has 2 heterocycles.